The predicted molar refractivity (Wildman–Crippen MR) is 138 cm³/mol. The molecule has 7 nitrogen and oxygen atoms in total. The van der Waals surface area contributed by atoms with Crippen molar-refractivity contribution in [2.75, 3.05) is 0 Å². The Labute approximate surface area is 220 Å². The van der Waals surface area contributed by atoms with E-state index in [2.05, 4.69) is 13.0 Å². The van der Waals surface area contributed by atoms with Crippen molar-refractivity contribution >= 4 is 17.3 Å². The van der Waals surface area contributed by atoms with Crippen molar-refractivity contribution in [1.82, 2.24) is 0 Å². The maximum Gasteiger partial charge on any atom is 0.170 e. The third kappa shape index (κ3) is 3.78. The van der Waals surface area contributed by atoms with Crippen molar-refractivity contribution in [3.05, 3.63) is 11.6 Å². The number of fused-ring (bicyclic) bond motifs is 5. The molecule has 208 valence electrons. The molecule has 0 aromatic rings. The molecule has 3 saturated carbocycles. The zero-order valence-corrected chi connectivity index (χ0v) is 23.7. The monoisotopic (exact) mass is 518 g/mol. The van der Waals surface area contributed by atoms with Gasteiger partial charge in [-0.15, -0.1) is 0 Å². The number of Topliss-reactive ketones (excluding diaryl/α,β-unsaturated/α-hetero) is 3. The number of hydrogen-bond donors (Lipinski definition) is 4. The summed E-state index contributed by atoms with van der Waals surface area (Å²) in [5.41, 5.74) is -5.10. The summed E-state index contributed by atoms with van der Waals surface area (Å²) in [4.78, 5) is 40.4. The second-order valence-corrected chi connectivity index (χ2v) is 14.6. The van der Waals surface area contributed by atoms with Crippen LogP contribution in [0, 0.1) is 39.4 Å². The van der Waals surface area contributed by atoms with E-state index in [0.717, 1.165) is 5.57 Å². The Morgan fingerprint density at radius 1 is 1.03 bits per heavy atom. The summed E-state index contributed by atoms with van der Waals surface area (Å²) in [5, 5.41) is 43.9. The highest BCUT2D eigenvalue weighted by Crippen LogP contribution is 2.74. The van der Waals surface area contributed by atoms with E-state index in [1.807, 2.05) is 27.7 Å². The summed E-state index contributed by atoms with van der Waals surface area (Å²) >= 11 is 0. The maximum atomic E-state index is 14.2. The van der Waals surface area contributed by atoms with Gasteiger partial charge in [0.25, 0.3) is 0 Å². The van der Waals surface area contributed by atoms with Gasteiger partial charge < -0.3 is 20.4 Å². The van der Waals surface area contributed by atoms with Crippen LogP contribution in [0.4, 0.5) is 0 Å². The van der Waals surface area contributed by atoms with Crippen molar-refractivity contribution in [3.63, 3.8) is 0 Å². The largest absolute Gasteiger partial charge is 0.393 e. The third-order valence-corrected chi connectivity index (χ3v) is 11.5. The van der Waals surface area contributed by atoms with E-state index in [0.29, 0.717) is 12.8 Å². The summed E-state index contributed by atoms with van der Waals surface area (Å²) in [7, 11) is 0. The van der Waals surface area contributed by atoms with Gasteiger partial charge in [-0.25, -0.2) is 0 Å². The van der Waals surface area contributed by atoms with Crippen LogP contribution in [0.5, 0.6) is 0 Å². The van der Waals surface area contributed by atoms with E-state index in [1.165, 1.54) is 6.92 Å². The van der Waals surface area contributed by atoms with E-state index in [4.69, 9.17) is 0 Å². The Balaban J connectivity index is 1.77. The van der Waals surface area contributed by atoms with Crippen LogP contribution in [0.15, 0.2) is 11.6 Å². The van der Waals surface area contributed by atoms with Crippen LogP contribution in [-0.2, 0) is 14.4 Å². The van der Waals surface area contributed by atoms with Crippen LogP contribution in [0.1, 0.15) is 93.9 Å². The first-order valence-electron chi connectivity index (χ1n) is 13.8. The van der Waals surface area contributed by atoms with Crippen molar-refractivity contribution in [3.8, 4) is 0 Å². The van der Waals surface area contributed by atoms with E-state index in [9.17, 15) is 34.8 Å². The van der Waals surface area contributed by atoms with Crippen LogP contribution in [0.2, 0.25) is 0 Å². The summed E-state index contributed by atoms with van der Waals surface area (Å²) < 4.78 is 0. The van der Waals surface area contributed by atoms with Gasteiger partial charge in [0.15, 0.2) is 11.6 Å². The predicted octanol–water partition coefficient (Wildman–Crippen LogP) is 3.15. The normalized spacial score (nSPS) is 44.9. The minimum absolute atomic E-state index is 0.00395. The van der Waals surface area contributed by atoms with Gasteiger partial charge >= 0.3 is 0 Å². The van der Waals surface area contributed by atoms with Crippen molar-refractivity contribution in [2.24, 2.45) is 39.4 Å². The fourth-order valence-electron chi connectivity index (χ4n) is 9.24. The van der Waals surface area contributed by atoms with Crippen LogP contribution >= 0.6 is 0 Å². The van der Waals surface area contributed by atoms with Gasteiger partial charge in [-0.2, -0.15) is 0 Å². The number of allylic oxidation sites excluding steroid dienone is 2. The molecular formula is C30H46O7. The molecule has 37 heavy (non-hydrogen) atoms. The lowest BCUT2D eigenvalue weighted by Gasteiger charge is -2.64. The molecule has 4 N–H and O–H groups in total. The van der Waals surface area contributed by atoms with E-state index in [1.54, 1.807) is 13.8 Å². The quantitative estimate of drug-likeness (QED) is 0.411. The smallest absolute Gasteiger partial charge is 0.170 e. The van der Waals surface area contributed by atoms with Gasteiger partial charge in [-0.1, -0.05) is 32.4 Å². The van der Waals surface area contributed by atoms with E-state index >= 15 is 0 Å². The average molecular weight is 519 g/mol. The molecule has 0 saturated heterocycles. The minimum Gasteiger partial charge on any atom is -0.393 e. The van der Waals surface area contributed by atoms with Gasteiger partial charge in [0.1, 0.15) is 17.5 Å². The number of carbonyl (C=O) groups is 3. The van der Waals surface area contributed by atoms with Crippen LogP contribution in [0.3, 0.4) is 0 Å². The Morgan fingerprint density at radius 3 is 2.19 bits per heavy atom. The van der Waals surface area contributed by atoms with Crippen molar-refractivity contribution in [2.45, 2.75) is 117 Å². The summed E-state index contributed by atoms with van der Waals surface area (Å²) in [6.45, 7) is 14.3. The summed E-state index contributed by atoms with van der Waals surface area (Å²) in [5.74, 6) is -1.96. The maximum absolute atomic E-state index is 14.2. The van der Waals surface area contributed by atoms with Crippen molar-refractivity contribution in [1.29, 1.82) is 0 Å². The fraction of sp³-hybridized carbons (Fsp3) is 0.833. The summed E-state index contributed by atoms with van der Waals surface area (Å²) in [6.07, 6.45) is 1.33. The van der Waals surface area contributed by atoms with Gasteiger partial charge in [-0.05, 0) is 83.0 Å². The van der Waals surface area contributed by atoms with Gasteiger partial charge in [-0.3, -0.25) is 14.4 Å². The third-order valence-electron chi connectivity index (χ3n) is 11.5. The number of carbonyl (C=O) groups excluding carboxylic acids is 3. The highest BCUT2D eigenvalue weighted by atomic mass is 16.3. The first-order valence-corrected chi connectivity index (χ1v) is 13.8. The SMILES string of the molecule is CC(C)(O)CCC(=O)[C@](C)(O)[C@@H]1[C@H](O)C[C@]2(C)[C@@H]3CC=C4[C@H](C[C@H](O)C(=O)C4(C)C)[C@@]3(C)C(=O)C[C@@]12C. The minimum atomic E-state index is -1.86. The standard InChI is InChI=1S/C30H46O7/c1-25(2,36)12-11-21(33)30(8,37)23-19(32)14-27(5)20-10-9-16-17(13-18(31)24(35)26(16,3)4)29(20,7)22(34)15-28(23,27)6/h9,17-20,23,31-32,36-37H,10-15H2,1-8H3/t17-,18-,19+,20-,23+,27+,28-,29+,30-/m0/s1. The van der Waals surface area contributed by atoms with Gasteiger partial charge in [0, 0.05) is 29.6 Å². The topological polar surface area (TPSA) is 132 Å². The van der Waals surface area contributed by atoms with Crippen molar-refractivity contribution < 1.29 is 34.8 Å². The fourth-order valence-corrected chi connectivity index (χ4v) is 9.24. The Bertz CT molecular complexity index is 1050. The molecule has 0 unspecified atom stereocenters. The lowest BCUT2D eigenvalue weighted by Crippen LogP contribution is -2.65. The molecule has 0 bridgehead atoms. The number of rotatable bonds is 5. The molecule has 0 aromatic heterocycles. The molecule has 4 rings (SSSR count). The highest BCUT2D eigenvalue weighted by Gasteiger charge is 2.74. The molecule has 0 heterocycles. The lowest BCUT2D eigenvalue weighted by molar-refractivity contribution is -0.185. The first-order chi connectivity index (χ1) is 16.7. The van der Waals surface area contributed by atoms with Crippen LogP contribution in [0.25, 0.3) is 0 Å². The van der Waals surface area contributed by atoms with Gasteiger partial charge in [0.05, 0.1) is 11.7 Å². The molecule has 0 spiro atoms. The number of aliphatic hydroxyl groups is 4. The zero-order valence-electron chi connectivity index (χ0n) is 23.7. The van der Waals surface area contributed by atoms with Gasteiger partial charge in [0.2, 0.25) is 0 Å². The Morgan fingerprint density at radius 2 is 1.62 bits per heavy atom. The second kappa shape index (κ2) is 8.30. The number of aliphatic hydroxyl groups excluding tert-OH is 2. The van der Waals surface area contributed by atoms with E-state index < -0.39 is 56.8 Å². The molecular weight excluding hydrogens is 472 g/mol. The number of hydrogen-bond acceptors (Lipinski definition) is 7. The highest BCUT2D eigenvalue weighted by molar-refractivity contribution is 5.95. The van der Waals surface area contributed by atoms with Crippen LogP contribution < -0.4 is 0 Å². The van der Waals surface area contributed by atoms with Crippen LogP contribution in [-0.4, -0.2) is 61.2 Å². The summed E-state index contributed by atoms with van der Waals surface area (Å²) in [6, 6.07) is 0. The molecule has 9 atom stereocenters. The molecule has 4 aliphatic rings. The lowest BCUT2D eigenvalue weighted by atomic mass is 9.38. The molecule has 4 aliphatic carbocycles. The average Bonchev–Trinajstić information content (AvgIpc) is 2.96. The Hall–Kier alpha value is -1.41. The Kier molecular flexibility index (Phi) is 6.41. The molecule has 0 aliphatic heterocycles. The molecule has 0 radical (unpaired) electrons. The second-order valence-electron chi connectivity index (χ2n) is 14.6. The molecule has 0 amide bonds. The molecule has 0 aromatic carbocycles. The number of ketones is 3. The first kappa shape index (κ1) is 28.6. The zero-order chi connectivity index (χ0) is 28.1. The molecule has 3 fully saturated rings. The molecule has 7 heteroatoms. The van der Waals surface area contributed by atoms with E-state index in [-0.39, 0.29) is 49.1 Å².